The smallest absolute Gasteiger partial charge is 0.112 e. The van der Waals surface area contributed by atoms with Crippen molar-refractivity contribution >= 4 is 32.7 Å². The SMILES string of the molecule is OCCN(Cc1cccnc1)c1ccnc2cc(Br)cnc12. The zero-order chi connectivity index (χ0) is 15.4. The van der Waals surface area contributed by atoms with Gasteiger partial charge in [0.05, 0.1) is 17.8 Å². The molecule has 0 fully saturated rings. The van der Waals surface area contributed by atoms with Gasteiger partial charge in [0.2, 0.25) is 0 Å². The standard InChI is InChI=1S/C16H15BrN4O/c17-13-8-14-16(20-10-13)15(3-5-19-14)21(6-7-22)11-12-2-1-4-18-9-12/h1-5,8-10,22H,6-7,11H2. The van der Waals surface area contributed by atoms with Crippen LogP contribution in [0.25, 0.3) is 11.0 Å². The van der Waals surface area contributed by atoms with Crippen LogP contribution in [-0.4, -0.2) is 33.2 Å². The van der Waals surface area contributed by atoms with E-state index in [1.807, 2.05) is 30.5 Å². The highest BCUT2D eigenvalue weighted by Crippen LogP contribution is 2.26. The molecule has 0 bridgehead atoms. The van der Waals surface area contributed by atoms with Crippen molar-refractivity contribution in [2.75, 3.05) is 18.1 Å². The molecule has 3 aromatic rings. The first kappa shape index (κ1) is 14.9. The van der Waals surface area contributed by atoms with E-state index in [2.05, 4.69) is 35.8 Å². The van der Waals surface area contributed by atoms with Crippen LogP contribution in [0, 0.1) is 0 Å². The second-order valence-corrected chi connectivity index (χ2v) is 5.77. The molecule has 3 aromatic heterocycles. The van der Waals surface area contributed by atoms with Crippen LogP contribution in [0.4, 0.5) is 5.69 Å². The number of pyridine rings is 3. The predicted octanol–water partition coefficient (Wildman–Crippen LogP) is 2.79. The summed E-state index contributed by atoms with van der Waals surface area (Å²) in [5.74, 6) is 0. The number of aromatic nitrogens is 3. The molecule has 0 radical (unpaired) electrons. The number of aliphatic hydroxyl groups excluding tert-OH is 1. The molecule has 0 aliphatic carbocycles. The van der Waals surface area contributed by atoms with Crippen molar-refractivity contribution in [3.05, 3.63) is 59.1 Å². The number of anilines is 1. The van der Waals surface area contributed by atoms with Crippen LogP contribution in [0.5, 0.6) is 0 Å². The fourth-order valence-corrected chi connectivity index (χ4v) is 2.68. The van der Waals surface area contributed by atoms with Gasteiger partial charge in [-0.2, -0.15) is 0 Å². The number of hydrogen-bond acceptors (Lipinski definition) is 5. The predicted molar refractivity (Wildman–Crippen MR) is 89.6 cm³/mol. The van der Waals surface area contributed by atoms with Gasteiger partial charge in [0.15, 0.2) is 0 Å². The zero-order valence-corrected chi connectivity index (χ0v) is 13.4. The van der Waals surface area contributed by atoms with Crippen molar-refractivity contribution in [2.45, 2.75) is 6.54 Å². The summed E-state index contributed by atoms with van der Waals surface area (Å²) in [6.45, 7) is 1.25. The van der Waals surface area contributed by atoms with Gasteiger partial charge in [0.1, 0.15) is 5.52 Å². The van der Waals surface area contributed by atoms with Gasteiger partial charge in [-0.1, -0.05) is 6.07 Å². The molecule has 0 unspecified atom stereocenters. The van der Waals surface area contributed by atoms with Crippen molar-refractivity contribution < 1.29 is 5.11 Å². The molecular weight excluding hydrogens is 344 g/mol. The Kier molecular flexibility index (Phi) is 4.60. The molecule has 3 rings (SSSR count). The van der Waals surface area contributed by atoms with Crippen LogP contribution in [-0.2, 0) is 6.54 Å². The summed E-state index contributed by atoms with van der Waals surface area (Å²) in [5.41, 5.74) is 3.68. The third-order valence-corrected chi connectivity index (χ3v) is 3.76. The van der Waals surface area contributed by atoms with Crippen LogP contribution in [0.3, 0.4) is 0 Å². The van der Waals surface area contributed by atoms with E-state index >= 15 is 0 Å². The summed E-state index contributed by atoms with van der Waals surface area (Å²) < 4.78 is 0.894. The fraction of sp³-hybridized carbons (Fsp3) is 0.188. The summed E-state index contributed by atoms with van der Waals surface area (Å²) in [6.07, 6.45) is 7.10. The minimum Gasteiger partial charge on any atom is -0.395 e. The second kappa shape index (κ2) is 6.81. The van der Waals surface area contributed by atoms with E-state index in [0.29, 0.717) is 13.1 Å². The molecule has 1 N–H and O–H groups in total. The van der Waals surface area contributed by atoms with Crippen molar-refractivity contribution in [3.8, 4) is 0 Å². The molecular formula is C16H15BrN4O. The Balaban J connectivity index is 2.01. The Morgan fingerprint density at radius 1 is 1.14 bits per heavy atom. The molecule has 0 aliphatic rings. The molecule has 0 atom stereocenters. The lowest BCUT2D eigenvalue weighted by molar-refractivity contribution is 0.301. The average Bonchev–Trinajstić information content (AvgIpc) is 2.54. The van der Waals surface area contributed by atoms with Gasteiger partial charge >= 0.3 is 0 Å². The maximum atomic E-state index is 9.39. The Morgan fingerprint density at radius 2 is 2.05 bits per heavy atom. The van der Waals surface area contributed by atoms with E-state index in [4.69, 9.17) is 0 Å². The molecule has 0 spiro atoms. The lowest BCUT2D eigenvalue weighted by Gasteiger charge is -2.24. The van der Waals surface area contributed by atoms with Crippen molar-refractivity contribution in [2.24, 2.45) is 0 Å². The summed E-state index contributed by atoms with van der Waals surface area (Å²) in [5, 5.41) is 9.39. The summed E-state index contributed by atoms with van der Waals surface area (Å²) in [6, 6.07) is 7.79. The van der Waals surface area contributed by atoms with Crippen LogP contribution >= 0.6 is 15.9 Å². The highest BCUT2D eigenvalue weighted by Gasteiger charge is 2.12. The fourth-order valence-electron chi connectivity index (χ4n) is 2.36. The summed E-state index contributed by atoms with van der Waals surface area (Å²) in [4.78, 5) is 15.1. The lowest BCUT2D eigenvalue weighted by atomic mass is 10.2. The third-order valence-electron chi connectivity index (χ3n) is 3.33. The topological polar surface area (TPSA) is 62.1 Å². The lowest BCUT2D eigenvalue weighted by Crippen LogP contribution is -2.26. The minimum absolute atomic E-state index is 0.0700. The monoisotopic (exact) mass is 358 g/mol. The molecule has 0 amide bonds. The summed E-state index contributed by atoms with van der Waals surface area (Å²) in [7, 11) is 0. The van der Waals surface area contributed by atoms with Gasteiger partial charge in [-0.15, -0.1) is 0 Å². The van der Waals surface area contributed by atoms with E-state index in [-0.39, 0.29) is 6.61 Å². The first-order valence-corrected chi connectivity index (χ1v) is 7.72. The van der Waals surface area contributed by atoms with Gasteiger partial charge in [-0.25, -0.2) is 0 Å². The molecule has 6 heteroatoms. The largest absolute Gasteiger partial charge is 0.395 e. The highest BCUT2D eigenvalue weighted by molar-refractivity contribution is 9.10. The van der Waals surface area contributed by atoms with Crippen molar-refractivity contribution in [1.29, 1.82) is 0 Å². The normalized spacial score (nSPS) is 10.8. The quantitative estimate of drug-likeness (QED) is 0.759. The van der Waals surface area contributed by atoms with Crippen LogP contribution < -0.4 is 4.90 Å². The van der Waals surface area contributed by atoms with Crippen LogP contribution in [0.1, 0.15) is 5.56 Å². The van der Waals surface area contributed by atoms with Crippen LogP contribution in [0.15, 0.2) is 53.5 Å². The van der Waals surface area contributed by atoms with Crippen molar-refractivity contribution in [3.63, 3.8) is 0 Å². The average molecular weight is 359 g/mol. The Morgan fingerprint density at radius 3 is 2.82 bits per heavy atom. The summed E-state index contributed by atoms with van der Waals surface area (Å²) >= 11 is 3.41. The Labute approximate surface area is 136 Å². The van der Waals surface area contributed by atoms with Gasteiger partial charge in [-0.3, -0.25) is 15.0 Å². The number of aliphatic hydroxyl groups is 1. The Hall–Kier alpha value is -2.05. The van der Waals surface area contributed by atoms with E-state index in [1.54, 1.807) is 18.6 Å². The number of fused-ring (bicyclic) bond motifs is 1. The minimum atomic E-state index is 0.0700. The van der Waals surface area contributed by atoms with Gasteiger partial charge in [0.25, 0.3) is 0 Å². The van der Waals surface area contributed by atoms with E-state index in [9.17, 15) is 5.11 Å². The molecule has 0 saturated heterocycles. The van der Waals surface area contributed by atoms with Crippen LogP contribution in [0.2, 0.25) is 0 Å². The maximum Gasteiger partial charge on any atom is 0.112 e. The maximum absolute atomic E-state index is 9.39. The first-order valence-electron chi connectivity index (χ1n) is 6.93. The van der Waals surface area contributed by atoms with Gasteiger partial charge < -0.3 is 10.0 Å². The molecule has 112 valence electrons. The molecule has 5 nitrogen and oxygen atoms in total. The van der Waals surface area contributed by atoms with E-state index in [1.165, 1.54) is 0 Å². The molecule has 22 heavy (non-hydrogen) atoms. The third kappa shape index (κ3) is 3.23. The number of hydrogen-bond donors (Lipinski definition) is 1. The molecule has 3 heterocycles. The number of nitrogens with zero attached hydrogens (tertiary/aromatic N) is 4. The van der Waals surface area contributed by atoms with E-state index < -0.39 is 0 Å². The molecule has 0 aromatic carbocycles. The highest BCUT2D eigenvalue weighted by atomic mass is 79.9. The second-order valence-electron chi connectivity index (χ2n) is 4.86. The van der Waals surface area contributed by atoms with E-state index in [0.717, 1.165) is 26.8 Å². The Bertz CT molecular complexity index is 766. The number of halogens is 1. The molecule has 0 saturated carbocycles. The van der Waals surface area contributed by atoms with Crippen molar-refractivity contribution in [1.82, 2.24) is 15.0 Å². The van der Waals surface area contributed by atoms with Gasteiger partial charge in [-0.05, 0) is 39.7 Å². The van der Waals surface area contributed by atoms with Gasteiger partial charge in [0, 0.05) is 42.3 Å². The number of rotatable bonds is 5. The zero-order valence-electron chi connectivity index (χ0n) is 11.9. The first-order chi connectivity index (χ1) is 10.8. The molecule has 0 aliphatic heterocycles.